The van der Waals surface area contributed by atoms with Gasteiger partial charge in [0.25, 0.3) is 0 Å². The molecule has 14 heavy (non-hydrogen) atoms. The third-order valence-electron chi connectivity index (χ3n) is 1.74. The highest BCUT2D eigenvalue weighted by atomic mass is 16.1. The van der Waals surface area contributed by atoms with Gasteiger partial charge in [-0.2, -0.15) is 0 Å². The smallest absolute Gasteiger partial charge is 0.242 e. The van der Waals surface area contributed by atoms with E-state index >= 15 is 0 Å². The van der Waals surface area contributed by atoms with Crippen LogP contribution in [0.25, 0.3) is 0 Å². The van der Waals surface area contributed by atoms with Crippen LogP contribution in [-0.4, -0.2) is 21.6 Å². The Kier molecular flexibility index (Phi) is 2.55. The third-order valence-corrected chi connectivity index (χ3v) is 1.74. The van der Waals surface area contributed by atoms with Gasteiger partial charge in [-0.25, -0.2) is 0 Å². The van der Waals surface area contributed by atoms with Gasteiger partial charge in [-0.1, -0.05) is 0 Å². The fourth-order valence-corrected chi connectivity index (χ4v) is 0.791. The highest BCUT2D eigenvalue weighted by molar-refractivity contribution is 5.86. The first kappa shape index (κ1) is 10.2. The number of aromatic nitrogens is 2. The summed E-state index contributed by atoms with van der Waals surface area (Å²) in [6.45, 7) is 3.32. The minimum Gasteiger partial charge on any atom is -0.382 e. The number of nitrogens with one attached hydrogen (secondary N) is 1. The van der Waals surface area contributed by atoms with E-state index < -0.39 is 11.4 Å². The van der Waals surface area contributed by atoms with Crippen LogP contribution in [0, 0.1) is 0 Å². The van der Waals surface area contributed by atoms with E-state index in [1.54, 1.807) is 26.0 Å². The minimum atomic E-state index is -0.856. The molecule has 1 amide bonds. The van der Waals surface area contributed by atoms with Gasteiger partial charge in [0.2, 0.25) is 5.91 Å². The van der Waals surface area contributed by atoms with Crippen molar-refractivity contribution < 1.29 is 4.79 Å². The SMILES string of the molecule is CC(C)(Nc1ccc(N)nn1)C(N)=O. The molecule has 1 aromatic heterocycles. The molecule has 0 spiro atoms. The summed E-state index contributed by atoms with van der Waals surface area (Å²) in [5, 5.41) is 10.2. The van der Waals surface area contributed by atoms with Crippen LogP contribution in [0.5, 0.6) is 0 Å². The Morgan fingerprint density at radius 3 is 2.50 bits per heavy atom. The monoisotopic (exact) mass is 195 g/mol. The molecule has 0 fully saturated rings. The summed E-state index contributed by atoms with van der Waals surface area (Å²) >= 11 is 0. The lowest BCUT2D eigenvalue weighted by Gasteiger charge is -2.22. The van der Waals surface area contributed by atoms with Crippen LogP contribution in [0.1, 0.15) is 13.8 Å². The first-order valence-electron chi connectivity index (χ1n) is 4.09. The van der Waals surface area contributed by atoms with Crippen molar-refractivity contribution in [1.29, 1.82) is 0 Å². The van der Waals surface area contributed by atoms with E-state index in [2.05, 4.69) is 15.5 Å². The molecular weight excluding hydrogens is 182 g/mol. The molecule has 1 rings (SSSR count). The van der Waals surface area contributed by atoms with Crippen LogP contribution in [-0.2, 0) is 4.79 Å². The Balaban J connectivity index is 2.79. The Bertz CT molecular complexity index is 332. The summed E-state index contributed by atoms with van der Waals surface area (Å²) < 4.78 is 0. The summed E-state index contributed by atoms with van der Waals surface area (Å²) in [7, 11) is 0. The van der Waals surface area contributed by atoms with Crippen LogP contribution < -0.4 is 16.8 Å². The van der Waals surface area contributed by atoms with E-state index in [-0.39, 0.29) is 0 Å². The first-order valence-corrected chi connectivity index (χ1v) is 4.09. The largest absolute Gasteiger partial charge is 0.382 e. The maximum absolute atomic E-state index is 11.0. The number of amides is 1. The van der Waals surface area contributed by atoms with Crippen molar-refractivity contribution in [2.75, 3.05) is 11.1 Å². The predicted octanol–water partition coefficient (Wildman–Crippen LogP) is -0.265. The molecule has 0 aromatic carbocycles. The standard InChI is InChI=1S/C8H13N5O/c1-8(2,7(10)14)11-6-4-3-5(9)12-13-6/h3-4H,1-2H3,(H2,9,12)(H2,10,14)(H,11,13). The van der Waals surface area contributed by atoms with Crippen LogP contribution in [0.15, 0.2) is 12.1 Å². The molecule has 1 aromatic rings. The van der Waals surface area contributed by atoms with Gasteiger partial charge >= 0.3 is 0 Å². The molecule has 0 atom stereocenters. The number of nitrogens with zero attached hydrogens (tertiary/aromatic N) is 2. The van der Waals surface area contributed by atoms with Gasteiger partial charge in [-0.05, 0) is 26.0 Å². The number of hydrogen-bond donors (Lipinski definition) is 3. The average Bonchev–Trinajstić information content (AvgIpc) is 2.08. The van der Waals surface area contributed by atoms with E-state index in [0.29, 0.717) is 11.6 Å². The molecule has 76 valence electrons. The summed E-state index contributed by atoms with van der Waals surface area (Å²) in [5.74, 6) is 0.326. The second-order valence-corrected chi connectivity index (χ2v) is 3.46. The van der Waals surface area contributed by atoms with Gasteiger partial charge < -0.3 is 16.8 Å². The van der Waals surface area contributed by atoms with Crippen molar-refractivity contribution in [1.82, 2.24) is 10.2 Å². The quantitative estimate of drug-likeness (QED) is 0.615. The summed E-state index contributed by atoms with van der Waals surface area (Å²) in [4.78, 5) is 11.0. The fourth-order valence-electron chi connectivity index (χ4n) is 0.791. The molecule has 0 aliphatic carbocycles. The lowest BCUT2D eigenvalue weighted by Crippen LogP contribution is -2.45. The second-order valence-electron chi connectivity index (χ2n) is 3.46. The second kappa shape index (κ2) is 3.49. The maximum atomic E-state index is 11.0. The molecule has 1 heterocycles. The van der Waals surface area contributed by atoms with Crippen LogP contribution in [0.2, 0.25) is 0 Å². The van der Waals surface area contributed by atoms with Crippen LogP contribution in [0.3, 0.4) is 0 Å². The van der Waals surface area contributed by atoms with Gasteiger partial charge in [0.05, 0.1) is 0 Å². The number of hydrogen-bond acceptors (Lipinski definition) is 5. The molecular formula is C8H13N5O. The van der Waals surface area contributed by atoms with Crippen LogP contribution >= 0.6 is 0 Å². The van der Waals surface area contributed by atoms with Gasteiger partial charge in [-0.3, -0.25) is 4.79 Å². The predicted molar refractivity (Wildman–Crippen MR) is 53.3 cm³/mol. The van der Waals surface area contributed by atoms with Crippen molar-refractivity contribution in [3.63, 3.8) is 0 Å². The molecule has 5 N–H and O–H groups in total. The van der Waals surface area contributed by atoms with E-state index in [1.165, 1.54) is 0 Å². The Morgan fingerprint density at radius 2 is 2.07 bits per heavy atom. The number of carbonyl (C=O) groups is 1. The minimum absolute atomic E-state index is 0.326. The highest BCUT2D eigenvalue weighted by Gasteiger charge is 2.24. The van der Waals surface area contributed by atoms with Gasteiger partial charge in [0, 0.05) is 0 Å². The number of nitrogen functional groups attached to an aromatic ring is 1. The van der Waals surface area contributed by atoms with Crippen LogP contribution in [0.4, 0.5) is 11.6 Å². The average molecular weight is 195 g/mol. The van der Waals surface area contributed by atoms with Gasteiger partial charge in [0.1, 0.15) is 17.2 Å². The van der Waals surface area contributed by atoms with Gasteiger partial charge in [0.15, 0.2) is 0 Å². The lowest BCUT2D eigenvalue weighted by atomic mass is 10.1. The normalized spacial score (nSPS) is 11.0. The zero-order valence-electron chi connectivity index (χ0n) is 8.11. The topological polar surface area (TPSA) is 107 Å². The molecule has 0 unspecified atom stereocenters. The molecule has 0 saturated carbocycles. The Hall–Kier alpha value is -1.85. The Morgan fingerprint density at radius 1 is 1.43 bits per heavy atom. The van der Waals surface area contributed by atoms with Gasteiger partial charge in [-0.15, -0.1) is 10.2 Å². The van der Waals surface area contributed by atoms with E-state index in [1.807, 2.05) is 0 Å². The van der Waals surface area contributed by atoms with E-state index in [0.717, 1.165) is 0 Å². The first-order chi connectivity index (χ1) is 6.42. The number of primary amides is 1. The number of nitrogens with two attached hydrogens (primary N) is 2. The van der Waals surface area contributed by atoms with Crippen molar-refractivity contribution in [2.45, 2.75) is 19.4 Å². The number of carbonyl (C=O) groups excluding carboxylic acids is 1. The zero-order chi connectivity index (χ0) is 10.8. The highest BCUT2D eigenvalue weighted by Crippen LogP contribution is 2.11. The summed E-state index contributed by atoms with van der Waals surface area (Å²) in [6.07, 6.45) is 0. The molecule has 0 radical (unpaired) electrons. The van der Waals surface area contributed by atoms with E-state index in [4.69, 9.17) is 11.5 Å². The van der Waals surface area contributed by atoms with E-state index in [9.17, 15) is 4.79 Å². The molecule has 0 aliphatic heterocycles. The Labute approximate surface area is 81.7 Å². The summed E-state index contributed by atoms with van der Waals surface area (Å²) in [6, 6.07) is 3.22. The van der Waals surface area contributed by atoms with Crippen molar-refractivity contribution in [3.8, 4) is 0 Å². The number of rotatable bonds is 3. The third kappa shape index (κ3) is 2.32. The van der Waals surface area contributed by atoms with Crippen molar-refractivity contribution in [2.24, 2.45) is 5.73 Å². The zero-order valence-corrected chi connectivity index (χ0v) is 8.11. The fraction of sp³-hybridized carbons (Fsp3) is 0.375. The molecule has 0 aliphatic rings. The maximum Gasteiger partial charge on any atom is 0.242 e. The number of anilines is 2. The lowest BCUT2D eigenvalue weighted by molar-refractivity contribution is -0.121. The van der Waals surface area contributed by atoms with Crippen molar-refractivity contribution in [3.05, 3.63) is 12.1 Å². The molecule has 0 bridgehead atoms. The summed E-state index contributed by atoms with van der Waals surface area (Å²) in [5.41, 5.74) is 9.67. The molecule has 0 saturated heterocycles. The van der Waals surface area contributed by atoms with Crippen molar-refractivity contribution >= 4 is 17.5 Å². The molecule has 6 heteroatoms. The molecule has 6 nitrogen and oxygen atoms in total.